The number of non-ortho nitro benzene ring substituents is 1. The molecule has 76 valence electrons. The Morgan fingerprint density at radius 3 is 2.73 bits per heavy atom. The van der Waals surface area contributed by atoms with Gasteiger partial charge < -0.3 is 0 Å². The molecule has 7 heteroatoms. The summed E-state index contributed by atoms with van der Waals surface area (Å²) in [4.78, 5) is 24.4. The fourth-order valence-electron chi connectivity index (χ4n) is 0.893. The van der Waals surface area contributed by atoms with Gasteiger partial charge in [-0.1, -0.05) is 0 Å². The Bertz CT molecular complexity index is 483. The Balaban J connectivity index is 3.19. The number of hydrogen-bond donors (Lipinski definition) is 0. The third kappa shape index (κ3) is 2.76. The first kappa shape index (κ1) is 11.6. The molecule has 1 rings (SSSR count). The van der Waals surface area contributed by atoms with Gasteiger partial charge in [-0.2, -0.15) is 4.99 Å². The van der Waals surface area contributed by atoms with E-state index in [1.807, 2.05) is 5.16 Å². The lowest BCUT2D eigenvalue weighted by Crippen LogP contribution is -1.97. The zero-order chi connectivity index (χ0) is 11.4. The molecule has 1 aromatic carbocycles. The Morgan fingerprint density at radius 2 is 2.27 bits per heavy atom. The third-order valence-corrected chi connectivity index (χ3v) is 2.29. The van der Waals surface area contributed by atoms with E-state index in [1.54, 1.807) is 0 Å². The van der Waals surface area contributed by atoms with Crippen LogP contribution in [0.2, 0.25) is 0 Å². The minimum atomic E-state index is -0.591. The summed E-state index contributed by atoms with van der Waals surface area (Å²) in [5.41, 5.74) is 0.0997. The van der Waals surface area contributed by atoms with Crippen LogP contribution in [0.3, 0.4) is 0 Å². The van der Waals surface area contributed by atoms with Crippen LogP contribution in [0, 0.1) is 10.1 Å². The molecule has 0 spiro atoms. The molecule has 1 amide bonds. The number of carbonyl (C=O) groups excluding carboxylic acids is 1. The fourth-order valence-corrected chi connectivity index (χ4v) is 1.51. The van der Waals surface area contributed by atoms with Gasteiger partial charge in [0.1, 0.15) is 0 Å². The van der Waals surface area contributed by atoms with Crippen molar-refractivity contribution in [3.05, 3.63) is 38.3 Å². The highest BCUT2D eigenvalue weighted by atomic mass is 79.9. The van der Waals surface area contributed by atoms with E-state index in [0.717, 1.165) is 0 Å². The molecule has 0 unspecified atom stereocenters. The second-order valence-corrected chi connectivity index (χ2v) is 3.47. The van der Waals surface area contributed by atoms with Gasteiger partial charge in [0.2, 0.25) is 0 Å². The van der Waals surface area contributed by atoms with Crippen molar-refractivity contribution in [3.63, 3.8) is 0 Å². The van der Waals surface area contributed by atoms with Crippen molar-refractivity contribution < 1.29 is 9.72 Å². The highest BCUT2D eigenvalue weighted by molar-refractivity contribution is 9.10. The predicted octanol–water partition coefficient (Wildman–Crippen LogP) is 2.60. The molecule has 0 saturated heterocycles. The van der Waals surface area contributed by atoms with E-state index in [0.29, 0.717) is 4.47 Å². The first-order valence-electron chi connectivity index (χ1n) is 3.62. The number of hydrogen-bond acceptors (Lipinski definition) is 4. The van der Waals surface area contributed by atoms with Gasteiger partial charge in [0.05, 0.1) is 15.6 Å². The molecule has 0 N–H and O–H groups in total. The highest BCUT2D eigenvalue weighted by Crippen LogP contribution is 2.23. The topological polar surface area (TPSA) is 72.6 Å². The molecule has 0 aliphatic carbocycles. The van der Waals surface area contributed by atoms with E-state index >= 15 is 0 Å². The Morgan fingerprint density at radius 1 is 1.60 bits per heavy atom. The summed E-state index contributed by atoms with van der Waals surface area (Å²) in [6.45, 7) is 0. The van der Waals surface area contributed by atoms with Gasteiger partial charge in [-0.25, -0.2) is 0 Å². The zero-order valence-electron chi connectivity index (χ0n) is 7.14. The Labute approximate surface area is 98.1 Å². The van der Waals surface area contributed by atoms with Gasteiger partial charge in [0, 0.05) is 16.6 Å². The smallest absolute Gasteiger partial charge is 0.266 e. The first-order chi connectivity index (χ1) is 7.06. The molecular weight excluding hydrogens is 284 g/mol. The van der Waals surface area contributed by atoms with Gasteiger partial charge in [-0.05, 0) is 34.2 Å². The molecule has 0 saturated carbocycles. The molecule has 0 aliphatic rings. The normalized spacial score (nSPS) is 9.13. The molecule has 5 nitrogen and oxygen atoms in total. The predicted molar refractivity (Wildman–Crippen MR) is 60.2 cm³/mol. The average molecular weight is 287 g/mol. The molecule has 0 aromatic heterocycles. The molecule has 0 aliphatic heterocycles. The first-order valence-corrected chi connectivity index (χ1v) is 4.82. The van der Waals surface area contributed by atoms with Crippen LogP contribution in [0.15, 0.2) is 27.7 Å². The van der Waals surface area contributed by atoms with E-state index in [4.69, 9.17) is 0 Å². The lowest BCUT2D eigenvalue weighted by molar-refractivity contribution is -0.384. The summed E-state index contributed by atoms with van der Waals surface area (Å²) in [6, 6.07) is 3.75. The highest BCUT2D eigenvalue weighted by Gasteiger charge is 2.13. The van der Waals surface area contributed by atoms with E-state index < -0.39 is 10.8 Å². The third-order valence-electron chi connectivity index (χ3n) is 1.54. The number of nitrogens with zero attached hydrogens (tertiary/aromatic N) is 2. The summed E-state index contributed by atoms with van der Waals surface area (Å²) >= 11 is 7.32. The molecular formula is C8H3BrN2O3S. The maximum atomic E-state index is 11.3. The Kier molecular flexibility index (Phi) is 3.79. The SMILES string of the molecule is O=C(N=C=S)c1ccc([N+](=O)[O-])cc1Br. The number of halogens is 1. The van der Waals surface area contributed by atoms with Crippen LogP contribution in [-0.2, 0) is 0 Å². The number of benzene rings is 1. The van der Waals surface area contributed by atoms with Gasteiger partial charge in [-0.3, -0.25) is 14.9 Å². The van der Waals surface area contributed by atoms with Crippen molar-refractivity contribution in [2.24, 2.45) is 4.99 Å². The number of nitro benzene ring substituents is 1. The van der Waals surface area contributed by atoms with Crippen molar-refractivity contribution in [2.75, 3.05) is 0 Å². The monoisotopic (exact) mass is 286 g/mol. The second-order valence-electron chi connectivity index (χ2n) is 2.43. The van der Waals surface area contributed by atoms with Crippen molar-refractivity contribution in [3.8, 4) is 0 Å². The van der Waals surface area contributed by atoms with Crippen LogP contribution in [0.4, 0.5) is 5.69 Å². The van der Waals surface area contributed by atoms with Gasteiger partial charge in [0.25, 0.3) is 11.6 Å². The summed E-state index contributed by atoms with van der Waals surface area (Å²) in [5, 5.41) is 12.3. The van der Waals surface area contributed by atoms with E-state index in [1.165, 1.54) is 18.2 Å². The number of aliphatic imine (C=N–C) groups is 1. The number of thiocarbonyl (C=S) groups is 1. The Hall–Kier alpha value is -1.43. The van der Waals surface area contributed by atoms with Crippen LogP contribution in [-0.4, -0.2) is 16.0 Å². The summed E-state index contributed by atoms with van der Waals surface area (Å²) in [5.74, 6) is -0.591. The average Bonchev–Trinajstić information content (AvgIpc) is 2.17. The van der Waals surface area contributed by atoms with Gasteiger partial charge in [-0.15, -0.1) is 0 Å². The zero-order valence-corrected chi connectivity index (χ0v) is 9.54. The van der Waals surface area contributed by atoms with E-state index in [-0.39, 0.29) is 11.3 Å². The summed E-state index contributed by atoms with van der Waals surface area (Å²) in [6.07, 6.45) is 0. The summed E-state index contributed by atoms with van der Waals surface area (Å²) < 4.78 is 0.302. The number of rotatable bonds is 2. The standard InChI is InChI=1S/C8H3BrN2O3S/c9-7-3-5(11(13)14)1-2-6(7)8(12)10-4-15/h1-3H. The van der Waals surface area contributed by atoms with Crippen LogP contribution < -0.4 is 0 Å². The molecule has 0 heterocycles. The lowest BCUT2D eigenvalue weighted by Gasteiger charge is -1.98. The van der Waals surface area contributed by atoms with Crippen LogP contribution in [0.5, 0.6) is 0 Å². The number of nitro groups is 1. The number of carbonyl (C=O) groups is 1. The quantitative estimate of drug-likeness (QED) is 0.363. The van der Waals surface area contributed by atoms with Crippen LogP contribution in [0.1, 0.15) is 10.4 Å². The lowest BCUT2D eigenvalue weighted by atomic mass is 10.2. The molecule has 1 aromatic rings. The van der Waals surface area contributed by atoms with E-state index in [2.05, 4.69) is 33.1 Å². The molecule has 15 heavy (non-hydrogen) atoms. The van der Waals surface area contributed by atoms with Gasteiger partial charge >= 0.3 is 0 Å². The largest absolute Gasteiger partial charge is 0.287 e. The van der Waals surface area contributed by atoms with Crippen molar-refractivity contribution in [2.45, 2.75) is 0 Å². The van der Waals surface area contributed by atoms with Crippen molar-refractivity contribution >= 4 is 44.9 Å². The van der Waals surface area contributed by atoms with Crippen LogP contribution in [0.25, 0.3) is 0 Å². The molecule has 0 bridgehead atoms. The minimum Gasteiger partial charge on any atom is -0.266 e. The molecule has 0 fully saturated rings. The summed E-state index contributed by atoms with van der Waals surface area (Å²) in [7, 11) is 0. The maximum absolute atomic E-state index is 11.3. The van der Waals surface area contributed by atoms with Crippen molar-refractivity contribution in [1.82, 2.24) is 0 Å². The van der Waals surface area contributed by atoms with Crippen molar-refractivity contribution in [1.29, 1.82) is 0 Å². The molecule has 0 atom stereocenters. The number of amides is 1. The second kappa shape index (κ2) is 4.88. The minimum absolute atomic E-state index is 0.107. The van der Waals surface area contributed by atoms with Gasteiger partial charge in [0.15, 0.2) is 0 Å². The van der Waals surface area contributed by atoms with E-state index in [9.17, 15) is 14.9 Å². The maximum Gasteiger partial charge on any atom is 0.287 e. The number of isothiocyanates is 1. The van der Waals surface area contributed by atoms with Crippen LogP contribution >= 0.6 is 28.1 Å². The molecule has 0 radical (unpaired) electrons. The fraction of sp³-hybridized carbons (Fsp3) is 0.